The van der Waals surface area contributed by atoms with E-state index in [0.717, 1.165) is 12.8 Å². The Balaban J connectivity index is 2.87. The molecule has 0 spiro atoms. The van der Waals surface area contributed by atoms with Crippen LogP contribution in [0.5, 0.6) is 0 Å². The molecule has 1 aromatic rings. The van der Waals surface area contributed by atoms with Gasteiger partial charge >= 0.3 is 0 Å². The molecule has 1 heterocycles. The summed E-state index contributed by atoms with van der Waals surface area (Å²) in [5.74, 6) is 0.354. The third-order valence-electron chi connectivity index (χ3n) is 3.02. The van der Waals surface area contributed by atoms with Crippen molar-refractivity contribution < 1.29 is 4.79 Å². The van der Waals surface area contributed by atoms with E-state index in [-0.39, 0.29) is 29.2 Å². The van der Waals surface area contributed by atoms with Crippen molar-refractivity contribution in [2.75, 3.05) is 0 Å². The van der Waals surface area contributed by atoms with Crippen LogP contribution in [0.1, 0.15) is 39.4 Å². The molecule has 0 atom stereocenters. The average Bonchev–Trinajstić information content (AvgIpc) is 2.38. The SMILES string of the molecule is CCc1nc(Cl)cc(=O)n1CC(=O)NC(CC)CC. The van der Waals surface area contributed by atoms with Crippen molar-refractivity contribution in [1.29, 1.82) is 0 Å². The number of rotatable bonds is 6. The second kappa shape index (κ2) is 7.28. The summed E-state index contributed by atoms with van der Waals surface area (Å²) in [5, 5.41) is 3.06. The summed E-state index contributed by atoms with van der Waals surface area (Å²) in [6.45, 7) is 5.89. The maximum atomic E-state index is 11.9. The van der Waals surface area contributed by atoms with Gasteiger partial charge in [-0.15, -0.1) is 0 Å². The van der Waals surface area contributed by atoms with Crippen molar-refractivity contribution in [1.82, 2.24) is 14.9 Å². The molecule has 5 nitrogen and oxygen atoms in total. The molecule has 0 radical (unpaired) electrons. The lowest BCUT2D eigenvalue weighted by Crippen LogP contribution is -2.39. The summed E-state index contributed by atoms with van der Waals surface area (Å²) in [4.78, 5) is 27.8. The number of carbonyl (C=O) groups is 1. The highest BCUT2D eigenvalue weighted by atomic mass is 35.5. The first-order valence-corrected chi connectivity index (χ1v) is 6.95. The van der Waals surface area contributed by atoms with Crippen molar-refractivity contribution in [2.24, 2.45) is 0 Å². The highest BCUT2D eigenvalue weighted by Crippen LogP contribution is 2.03. The number of aromatic nitrogens is 2. The van der Waals surface area contributed by atoms with Gasteiger partial charge in [0.15, 0.2) is 0 Å². The predicted molar refractivity (Wildman–Crippen MR) is 75.4 cm³/mol. The maximum absolute atomic E-state index is 11.9. The Bertz CT molecular complexity index is 495. The van der Waals surface area contributed by atoms with Gasteiger partial charge in [-0.1, -0.05) is 32.4 Å². The normalized spacial score (nSPS) is 10.8. The van der Waals surface area contributed by atoms with E-state index in [4.69, 9.17) is 11.6 Å². The van der Waals surface area contributed by atoms with Crippen molar-refractivity contribution >= 4 is 17.5 Å². The lowest BCUT2D eigenvalue weighted by Gasteiger charge is -2.16. The van der Waals surface area contributed by atoms with Crippen LogP contribution in [-0.2, 0) is 17.8 Å². The number of nitrogens with zero attached hydrogens (tertiary/aromatic N) is 2. The number of hydrogen-bond donors (Lipinski definition) is 1. The Hall–Kier alpha value is -1.36. The molecule has 0 unspecified atom stereocenters. The number of amides is 1. The van der Waals surface area contributed by atoms with Crippen LogP contribution in [0.15, 0.2) is 10.9 Å². The zero-order valence-electron chi connectivity index (χ0n) is 11.6. The molecule has 1 rings (SSSR count). The predicted octanol–water partition coefficient (Wildman–Crippen LogP) is 1.76. The largest absolute Gasteiger partial charge is 0.352 e. The van der Waals surface area contributed by atoms with Gasteiger partial charge in [-0.2, -0.15) is 0 Å². The summed E-state index contributed by atoms with van der Waals surface area (Å²) in [5.41, 5.74) is -0.295. The zero-order chi connectivity index (χ0) is 14.4. The van der Waals surface area contributed by atoms with Gasteiger partial charge in [0.25, 0.3) is 5.56 Å². The number of carbonyl (C=O) groups excluding carboxylic acids is 1. The van der Waals surface area contributed by atoms with Crippen LogP contribution in [0.3, 0.4) is 0 Å². The summed E-state index contributed by atoms with van der Waals surface area (Å²) in [6, 6.07) is 1.37. The van der Waals surface area contributed by atoms with Gasteiger partial charge in [0.2, 0.25) is 5.91 Å². The molecule has 1 amide bonds. The van der Waals surface area contributed by atoms with E-state index in [0.29, 0.717) is 12.2 Å². The van der Waals surface area contributed by atoms with E-state index in [9.17, 15) is 9.59 Å². The fourth-order valence-corrected chi connectivity index (χ4v) is 2.06. The molecule has 0 bridgehead atoms. The van der Waals surface area contributed by atoms with Gasteiger partial charge in [-0.05, 0) is 12.8 Å². The third kappa shape index (κ3) is 4.35. The Morgan fingerprint density at radius 3 is 2.58 bits per heavy atom. The standard InChI is InChI=1S/C13H20ClN3O2/c1-4-9(5-2)15-12(18)8-17-11(6-3)16-10(14)7-13(17)19/h7,9H,4-6,8H2,1-3H3,(H,15,18). The summed E-state index contributed by atoms with van der Waals surface area (Å²) < 4.78 is 1.36. The van der Waals surface area contributed by atoms with E-state index in [2.05, 4.69) is 10.3 Å². The molecule has 19 heavy (non-hydrogen) atoms. The Kier molecular flexibility index (Phi) is 6.02. The van der Waals surface area contributed by atoms with Crippen LogP contribution in [0, 0.1) is 0 Å². The van der Waals surface area contributed by atoms with Crippen LogP contribution in [-0.4, -0.2) is 21.5 Å². The topological polar surface area (TPSA) is 64.0 Å². The second-order valence-corrected chi connectivity index (χ2v) is 4.74. The lowest BCUT2D eigenvalue weighted by molar-refractivity contribution is -0.122. The maximum Gasteiger partial charge on any atom is 0.255 e. The molecule has 106 valence electrons. The van der Waals surface area contributed by atoms with Crippen molar-refractivity contribution in [3.63, 3.8) is 0 Å². The van der Waals surface area contributed by atoms with Crippen LogP contribution in [0.4, 0.5) is 0 Å². The van der Waals surface area contributed by atoms with Gasteiger partial charge in [0, 0.05) is 18.5 Å². The number of halogens is 1. The molecule has 0 saturated heterocycles. The summed E-state index contributed by atoms with van der Waals surface area (Å²) >= 11 is 5.74. The van der Waals surface area contributed by atoms with Gasteiger partial charge < -0.3 is 5.32 Å². The van der Waals surface area contributed by atoms with Gasteiger partial charge in [0.1, 0.15) is 17.5 Å². The highest BCUT2D eigenvalue weighted by Gasteiger charge is 2.13. The minimum Gasteiger partial charge on any atom is -0.352 e. The average molecular weight is 286 g/mol. The van der Waals surface area contributed by atoms with E-state index in [1.165, 1.54) is 10.6 Å². The monoisotopic (exact) mass is 285 g/mol. The van der Waals surface area contributed by atoms with E-state index < -0.39 is 0 Å². The Labute approximate surface area is 118 Å². The van der Waals surface area contributed by atoms with E-state index >= 15 is 0 Å². The molecule has 0 aromatic carbocycles. The minimum absolute atomic E-state index is 0.0112. The molecule has 0 saturated carbocycles. The second-order valence-electron chi connectivity index (χ2n) is 4.35. The first kappa shape index (κ1) is 15.7. The quantitative estimate of drug-likeness (QED) is 0.810. The number of hydrogen-bond acceptors (Lipinski definition) is 3. The van der Waals surface area contributed by atoms with Gasteiger partial charge in [0.05, 0.1) is 0 Å². The molecule has 0 aliphatic rings. The van der Waals surface area contributed by atoms with Crippen molar-refractivity contribution in [3.05, 3.63) is 27.4 Å². The molecule has 0 aliphatic heterocycles. The van der Waals surface area contributed by atoms with Crippen LogP contribution in [0.2, 0.25) is 5.15 Å². The first-order valence-electron chi connectivity index (χ1n) is 6.57. The van der Waals surface area contributed by atoms with E-state index in [1.54, 1.807) is 0 Å². The van der Waals surface area contributed by atoms with E-state index in [1.807, 2.05) is 20.8 Å². The summed E-state index contributed by atoms with van der Waals surface area (Å²) in [6.07, 6.45) is 2.29. The number of aryl methyl sites for hydroxylation is 1. The lowest BCUT2D eigenvalue weighted by atomic mass is 10.2. The van der Waals surface area contributed by atoms with Gasteiger partial charge in [-0.25, -0.2) is 4.98 Å². The molecule has 0 aliphatic carbocycles. The third-order valence-corrected chi connectivity index (χ3v) is 3.22. The highest BCUT2D eigenvalue weighted by molar-refractivity contribution is 6.29. The van der Waals surface area contributed by atoms with Crippen LogP contribution < -0.4 is 10.9 Å². The zero-order valence-corrected chi connectivity index (χ0v) is 12.3. The van der Waals surface area contributed by atoms with Crippen LogP contribution in [0.25, 0.3) is 0 Å². The smallest absolute Gasteiger partial charge is 0.255 e. The van der Waals surface area contributed by atoms with Crippen LogP contribution >= 0.6 is 11.6 Å². The van der Waals surface area contributed by atoms with Crippen molar-refractivity contribution in [3.8, 4) is 0 Å². The minimum atomic E-state index is -0.295. The number of nitrogens with one attached hydrogen (secondary N) is 1. The van der Waals surface area contributed by atoms with Gasteiger partial charge in [-0.3, -0.25) is 14.2 Å². The molecule has 6 heteroatoms. The fourth-order valence-electron chi connectivity index (χ4n) is 1.87. The molecular weight excluding hydrogens is 266 g/mol. The van der Waals surface area contributed by atoms with Crippen molar-refractivity contribution in [2.45, 2.75) is 52.6 Å². The molecule has 1 aromatic heterocycles. The Morgan fingerprint density at radius 1 is 1.42 bits per heavy atom. The first-order chi connectivity index (χ1) is 9.01. The summed E-state index contributed by atoms with van der Waals surface area (Å²) in [7, 11) is 0. The molecule has 1 N–H and O–H groups in total. The fraction of sp³-hybridized carbons (Fsp3) is 0.615. The molecular formula is C13H20ClN3O2. The Morgan fingerprint density at radius 2 is 2.05 bits per heavy atom. The molecule has 0 fully saturated rings.